The Morgan fingerprint density at radius 2 is 1.97 bits per heavy atom. The van der Waals surface area contributed by atoms with Crippen LogP contribution in [0.3, 0.4) is 0 Å². The molecule has 3 rings (SSSR count). The highest BCUT2D eigenvalue weighted by Crippen LogP contribution is 2.26. The van der Waals surface area contributed by atoms with E-state index in [1.165, 1.54) is 25.3 Å². The summed E-state index contributed by atoms with van der Waals surface area (Å²) in [6.45, 7) is 5.40. The maximum atomic E-state index is 14.0. The molecule has 0 aromatic heterocycles. The number of guanidine groups is 1. The van der Waals surface area contributed by atoms with Crippen molar-refractivity contribution >= 4 is 35.8 Å². The standard InChI is InChI=1S/C24H38FN5O.HI/c1-4-26-24(27-15-18-10-11-22(25)20(14-18)16-29(2)3)28-21-12-13-30(17-21)23(31)19-8-6-5-7-9-19;/h10-11,14,19,21H,4-9,12-13,15-17H2,1-3H3,(H2,26,27,28);1H. The fourth-order valence-corrected chi connectivity index (χ4v) is 4.56. The molecule has 1 heterocycles. The summed E-state index contributed by atoms with van der Waals surface area (Å²) in [4.78, 5) is 21.5. The van der Waals surface area contributed by atoms with Gasteiger partial charge in [-0.3, -0.25) is 4.79 Å². The van der Waals surface area contributed by atoms with Crippen LogP contribution in [0.4, 0.5) is 4.39 Å². The van der Waals surface area contributed by atoms with Gasteiger partial charge >= 0.3 is 0 Å². The number of hydrogen-bond donors (Lipinski definition) is 2. The average molecular weight is 560 g/mol. The van der Waals surface area contributed by atoms with Crippen molar-refractivity contribution in [3.8, 4) is 0 Å². The predicted molar refractivity (Wildman–Crippen MR) is 139 cm³/mol. The van der Waals surface area contributed by atoms with Crippen molar-refractivity contribution in [2.45, 2.75) is 64.6 Å². The molecule has 1 unspecified atom stereocenters. The molecular weight excluding hydrogens is 520 g/mol. The molecule has 1 amide bonds. The van der Waals surface area contributed by atoms with Gasteiger partial charge in [-0.2, -0.15) is 0 Å². The molecule has 2 N–H and O–H groups in total. The van der Waals surface area contributed by atoms with Crippen LogP contribution in [0.5, 0.6) is 0 Å². The zero-order valence-corrected chi connectivity index (χ0v) is 22.0. The van der Waals surface area contributed by atoms with Gasteiger partial charge in [0.15, 0.2) is 5.96 Å². The molecule has 0 radical (unpaired) electrons. The van der Waals surface area contributed by atoms with Crippen molar-refractivity contribution in [2.75, 3.05) is 33.7 Å². The Kier molecular flexibility index (Phi) is 11.2. The van der Waals surface area contributed by atoms with Gasteiger partial charge < -0.3 is 20.4 Å². The highest BCUT2D eigenvalue weighted by atomic mass is 127. The van der Waals surface area contributed by atoms with E-state index < -0.39 is 0 Å². The van der Waals surface area contributed by atoms with Crippen molar-refractivity contribution in [1.82, 2.24) is 20.4 Å². The number of benzene rings is 1. The van der Waals surface area contributed by atoms with Gasteiger partial charge in [0.1, 0.15) is 5.82 Å². The average Bonchev–Trinajstić information content (AvgIpc) is 3.22. The maximum absolute atomic E-state index is 14.0. The van der Waals surface area contributed by atoms with Crippen molar-refractivity contribution in [3.63, 3.8) is 0 Å². The zero-order valence-electron chi connectivity index (χ0n) is 19.7. The molecule has 0 spiro atoms. The molecular formula is C24H39FIN5O. The minimum atomic E-state index is -0.180. The highest BCUT2D eigenvalue weighted by Gasteiger charge is 2.31. The summed E-state index contributed by atoms with van der Waals surface area (Å²) >= 11 is 0. The second kappa shape index (κ2) is 13.3. The Bertz CT molecular complexity index is 767. The lowest BCUT2D eigenvalue weighted by Crippen LogP contribution is -2.45. The van der Waals surface area contributed by atoms with E-state index in [0.29, 0.717) is 24.6 Å². The molecule has 2 fully saturated rings. The molecule has 8 heteroatoms. The Morgan fingerprint density at radius 1 is 1.22 bits per heavy atom. The molecule has 1 atom stereocenters. The van der Waals surface area contributed by atoms with Gasteiger partial charge in [0, 0.05) is 43.7 Å². The van der Waals surface area contributed by atoms with E-state index in [1.807, 2.05) is 36.9 Å². The largest absolute Gasteiger partial charge is 0.357 e. The third-order valence-electron chi connectivity index (χ3n) is 6.16. The summed E-state index contributed by atoms with van der Waals surface area (Å²) in [5.74, 6) is 1.13. The summed E-state index contributed by atoms with van der Waals surface area (Å²) in [5.41, 5.74) is 1.67. The SMILES string of the molecule is CCNC(=NCc1ccc(F)c(CN(C)C)c1)NC1CCN(C(=O)C2CCCCC2)C1.I. The minimum Gasteiger partial charge on any atom is -0.357 e. The molecule has 1 aliphatic heterocycles. The van der Waals surface area contributed by atoms with Gasteiger partial charge in [-0.05, 0) is 58.0 Å². The van der Waals surface area contributed by atoms with E-state index >= 15 is 0 Å². The monoisotopic (exact) mass is 559 g/mol. The Labute approximate surface area is 209 Å². The molecule has 0 bridgehead atoms. The van der Waals surface area contributed by atoms with E-state index in [0.717, 1.165) is 50.4 Å². The Morgan fingerprint density at radius 3 is 2.66 bits per heavy atom. The van der Waals surface area contributed by atoms with Crippen LogP contribution in [0.2, 0.25) is 0 Å². The normalized spacial score (nSPS) is 19.7. The van der Waals surface area contributed by atoms with Gasteiger partial charge in [-0.1, -0.05) is 25.3 Å². The number of likely N-dealkylation sites (tertiary alicyclic amines) is 1. The first kappa shape index (κ1) is 26.8. The third-order valence-corrected chi connectivity index (χ3v) is 6.16. The second-order valence-corrected chi connectivity index (χ2v) is 9.11. The number of hydrogen-bond acceptors (Lipinski definition) is 3. The van der Waals surface area contributed by atoms with Gasteiger partial charge in [0.05, 0.1) is 6.54 Å². The van der Waals surface area contributed by atoms with Gasteiger partial charge in [0.2, 0.25) is 5.91 Å². The fourth-order valence-electron chi connectivity index (χ4n) is 4.56. The molecule has 2 aliphatic rings. The molecule has 32 heavy (non-hydrogen) atoms. The van der Waals surface area contributed by atoms with Crippen LogP contribution in [0.1, 0.15) is 56.6 Å². The number of carbonyl (C=O) groups is 1. The molecule has 1 aliphatic carbocycles. The minimum absolute atomic E-state index is 0. The van der Waals surface area contributed by atoms with Crippen LogP contribution >= 0.6 is 24.0 Å². The summed E-state index contributed by atoms with van der Waals surface area (Å²) in [6, 6.07) is 5.42. The molecule has 1 saturated heterocycles. The summed E-state index contributed by atoms with van der Waals surface area (Å²) in [7, 11) is 3.86. The second-order valence-electron chi connectivity index (χ2n) is 9.11. The fraction of sp³-hybridized carbons (Fsp3) is 0.667. The van der Waals surface area contributed by atoms with Gasteiger partial charge in [-0.15, -0.1) is 24.0 Å². The van der Waals surface area contributed by atoms with Crippen LogP contribution in [0.15, 0.2) is 23.2 Å². The quantitative estimate of drug-likeness (QED) is 0.304. The Hall–Kier alpha value is -1.42. The number of nitrogens with one attached hydrogen (secondary N) is 2. The van der Waals surface area contributed by atoms with E-state index in [4.69, 9.17) is 4.99 Å². The van der Waals surface area contributed by atoms with Crippen molar-refractivity contribution in [1.29, 1.82) is 0 Å². The predicted octanol–water partition coefficient (Wildman–Crippen LogP) is 3.74. The van der Waals surface area contributed by atoms with E-state index in [1.54, 1.807) is 6.07 Å². The highest BCUT2D eigenvalue weighted by molar-refractivity contribution is 14.0. The van der Waals surface area contributed by atoms with E-state index in [2.05, 4.69) is 10.6 Å². The molecule has 1 aromatic rings. The lowest BCUT2D eigenvalue weighted by Gasteiger charge is -2.26. The van der Waals surface area contributed by atoms with Crippen molar-refractivity contribution in [3.05, 3.63) is 35.1 Å². The third kappa shape index (κ3) is 7.86. The number of rotatable bonds is 7. The van der Waals surface area contributed by atoms with Crippen LogP contribution < -0.4 is 10.6 Å². The summed E-state index contributed by atoms with van der Waals surface area (Å²) < 4.78 is 14.0. The lowest BCUT2D eigenvalue weighted by atomic mass is 9.88. The van der Waals surface area contributed by atoms with Gasteiger partial charge in [-0.25, -0.2) is 9.38 Å². The van der Waals surface area contributed by atoms with Crippen molar-refractivity contribution in [2.24, 2.45) is 10.9 Å². The molecule has 1 saturated carbocycles. The molecule has 6 nitrogen and oxygen atoms in total. The van der Waals surface area contributed by atoms with Gasteiger partial charge in [0.25, 0.3) is 0 Å². The number of aliphatic imine (C=N–C) groups is 1. The van der Waals surface area contributed by atoms with E-state index in [-0.39, 0.29) is 41.8 Å². The maximum Gasteiger partial charge on any atom is 0.225 e. The number of halogens is 2. The number of carbonyl (C=O) groups excluding carboxylic acids is 1. The van der Waals surface area contributed by atoms with Crippen molar-refractivity contribution < 1.29 is 9.18 Å². The van der Waals surface area contributed by atoms with Crippen LogP contribution in [-0.4, -0.2) is 61.4 Å². The van der Waals surface area contributed by atoms with Crippen LogP contribution in [0, 0.1) is 11.7 Å². The first-order valence-electron chi connectivity index (χ1n) is 11.7. The first-order chi connectivity index (χ1) is 15.0. The molecule has 1 aromatic carbocycles. The topological polar surface area (TPSA) is 60.0 Å². The van der Waals surface area contributed by atoms with Crippen LogP contribution in [-0.2, 0) is 17.9 Å². The lowest BCUT2D eigenvalue weighted by molar-refractivity contribution is -0.135. The smallest absolute Gasteiger partial charge is 0.225 e. The summed E-state index contributed by atoms with van der Waals surface area (Å²) in [5, 5.41) is 6.79. The summed E-state index contributed by atoms with van der Waals surface area (Å²) in [6.07, 6.45) is 6.66. The number of amides is 1. The molecule has 180 valence electrons. The van der Waals surface area contributed by atoms with Crippen LogP contribution in [0.25, 0.3) is 0 Å². The Balaban J connectivity index is 0.00000363. The first-order valence-corrected chi connectivity index (χ1v) is 11.7. The van der Waals surface area contributed by atoms with E-state index in [9.17, 15) is 9.18 Å². The zero-order chi connectivity index (χ0) is 22.2. The number of nitrogens with zero attached hydrogens (tertiary/aromatic N) is 3.